The van der Waals surface area contributed by atoms with E-state index in [9.17, 15) is 18.7 Å². The summed E-state index contributed by atoms with van der Waals surface area (Å²) in [7, 11) is 6.17. The van der Waals surface area contributed by atoms with Crippen molar-refractivity contribution in [2.75, 3.05) is 21.1 Å². The molecule has 1 N–H and O–H groups in total. The zero-order chi connectivity index (χ0) is 19.9. The van der Waals surface area contributed by atoms with Crippen LogP contribution in [0.15, 0.2) is 42.5 Å². The van der Waals surface area contributed by atoms with Crippen molar-refractivity contribution >= 4 is 5.97 Å². The molecule has 2 aliphatic carbocycles. The fourth-order valence-corrected chi connectivity index (χ4v) is 4.06. The van der Waals surface area contributed by atoms with Crippen LogP contribution in [0.5, 0.6) is 0 Å². The molecule has 0 aromatic heterocycles. The monoisotopic (exact) mass is 459 g/mol. The number of aliphatic hydroxyl groups is 1. The fraction of sp³-hybridized carbons (Fsp3) is 0.571. The standard InChI is InChI=1S/C21H28F2NO3.BrH/c1-24(2,3)17-9-10-18(13-17)27-19(25)21(26,15-7-5-4-6-8-15)16-11-12-20(22,23)14-16;/h4-10,16-18,26H,11-14H2,1-3H3;1H/q+1;/p-1/t16-,17?,18-,21+;/m1./s1. The maximum atomic E-state index is 13.8. The highest BCUT2D eigenvalue weighted by molar-refractivity contribution is 5.82. The molecule has 7 heteroatoms. The van der Waals surface area contributed by atoms with Gasteiger partial charge in [0, 0.05) is 25.2 Å². The molecule has 1 aromatic rings. The number of quaternary nitrogens is 1. The predicted molar refractivity (Wildman–Crippen MR) is 98.1 cm³/mol. The Kier molecular flexibility index (Phi) is 6.73. The van der Waals surface area contributed by atoms with E-state index in [1.54, 1.807) is 30.3 Å². The van der Waals surface area contributed by atoms with Gasteiger partial charge in [0.25, 0.3) is 0 Å². The molecule has 2 aliphatic rings. The molecule has 1 unspecified atom stereocenters. The second kappa shape index (κ2) is 8.20. The van der Waals surface area contributed by atoms with Crippen molar-refractivity contribution < 1.29 is 44.9 Å². The van der Waals surface area contributed by atoms with Crippen molar-refractivity contribution in [1.82, 2.24) is 0 Å². The highest BCUT2D eigenvalue weighted by Crippen LogP contribution is 2.48. The molecule has 0 bridgehead atoms. The van der Waals surface area contributed by atoms with E-state index in [2.05, 4.69) is 21.1 Å². The summed E-state index contributed by atoms with van der Waals surface area (Å²) in [6, 6.07) is 8.51. The van der Waals surface area contributed by atoms with Gasteiger partial charge in [0.05, 0.1) is 21.1 Å². The van der Waals surface area contributed by atoms with E-state index in [1.165, 1.54) is 0 Å². The van der Waals surface area contributed by atoms with Gasteiger partial charge in [0.1, 0.15) is 12.1 Å². The average molecular weight is 460 g/mol. The van der Waals surface area contributed by atoms with Gasteiger partial charge in [0.15, 0.2) is 5.60 Å². The van der Waals surface area contributed by atoms with Crippen molar-refractivity contribution in [3.63, 3.8) is 0 Å². The lowest BCUT2D eigenvalue weighted by molar-refractivity contribution is -0.889. The Hall–Kier alpha value is -1.31. The molecule has 4 nitrogen and oxygen atoms in total. The number of hydrogen-bond acceptors (Lipinski definition) is 3. The summed E-state index contributed by atoms with van der Waals surface area (Å²) in [5.74, 6) is -4.58. The molecule has 1 aromatic carbocycles. The Labute approximate surface area is 175 Å². The minimum absolute atomic E-state index is 0. The van der Waals surface area contributed by atoms with Gasteiger partial charge in [0.2, 0.25) is 5.92 Å². The summed E-state index contributed by atoms with van der Waals surface area (Å²) in [4.78, 5) is 13.0. The first kappa shape index (κ1) is 23.0. The molecule has 3 rings (SSSR count). The molecular weight excluding hydrogens is 432 g/mol. The highest BCUT2D eigenvalue weighted by atomic mass is 79.9. The third-order valence-corrected chi connectivity index (χ3v) is 5.79. The Morgan fingerprint density at radius 3 is 2.36 bits per heavy atom. The number of halogens is 3. The van der Waals surface area contributed by atoms with Gasteiger partial charge in [-0.25, -0.2) is 13.6 Å². The van der Waals surface area contributed by atoms with E-state index in [0.29, 0.717) is 16.5 Å². The molecule has 0 aliphatic heterocycles. The number of nitrogens with zero attached hydrogens (tertiary/aromatic N) is 1. The summed E-state index contributed by atoms with van der Waals surface area (Å²) in [5.41, 5.74) is -1.76. The van der Waals surface area contributed by atoms with Crippen LogP contribution in [0.2, 0.25) is 0 Å². The molecule has 156 valence electrons. The summed E-state index contributed by atoms with van der Waals surface area (Å²) in [6.45, 7) is 0. The van der Waals surface area contributed by atoms with E-state index in [0.717, 1.165) is 0 Å². The maximum absolute atomic E-state index is 13.8. The Morgan fingerprint density at radius 2 is 1.86 bits per heavy atom. The van der Waals surface area contributed by atoms with E-state index in [1.807, 2.05) is 12.2 Å². The number of carbonyl (C=O) groups excluding carboxylic acids is 1. The summed E-state index contributed by atoms with van der Waals surface area (Å²) in [5, 5.41) is 11.3. The van der Waals surface area contributed by atoms with Gasteiger partial charge in [-0.05, 0) is 24.1 Å². The molecule has 0 heterocycles. The minimum Gasteiger partial charge on any atom is -1.00 e. The number of carbonyl (C=O) groups is 1. The lowest BCUT2D eigenvalue weighted by Crippen LogP contribution is -3.00. The normalized spacial score (nSPS) is 28.4. The molecular formula is C21H28BrF2NO3. The van der Waals surface area contributed by atoms with E-state index < -0.39 is 35.9 Å². The van der Waals surface area contributed by atoms with E-state index >= 15 is 0 Å². The number of likely N-dealkylation sites (N-methyl/N-ethyl adjacent to an activating group) is 1. The summed E-state index contributed by atoms with van der Waals surface area (Å²) >= 11 is 0. The number of ether oxygens (including phenoxy) is 1. The fourth-order valence-electron chi connectivity index (χ4n) is 4.06. The molecule has 0 spiro atoms. The van der Waals surface area contributed by atoms with Crippen molar-refractivity contribution in [3.8, 4) is 0 Å². The quantitative estimate of drug-likeness (QED) is 0.390. The maximum Gasteiger partial charge on any atom is 0.343 e. The third-order valence-electron chi connectivity index (χ3n) is 5.79. The highest BCUT2D eigenvalue weighted by Gasteiger charge is 2.55. The van der Waals surface area contributed by atoms with Crippen LogP contribution in [0, 0.1) is 5.92 Å². The van der Waals surface area contributed by atoms with Gasteiger partial charge in [-0.2, -0.15) is 0 Å². The Bertz CT molecular complexity index is 720. The molecule has 0 saturated heterocycles. The number of benzene rings is 1. The van der Waals surface area contributed by atoms with Crippen molar-refractivity contribution in [1.29, 1.82) is 0 Å². The smallest absolute Gasteiger partial charge is 0.343 e. The van der Waals surface area contributed by atoms with Gasteiger partial charge in [-0.3, -0.25) is 0 Å². The molecule has 0 radical (unpaired) electrons. The molecule has 1 fully saturated rings. The van der Waals surface area contributed by atoms with Crippen LogP contribution in [-0.2, 0) is 15.1 Å². The Morgan fingerprint density at radius 1 is 1.21 bits per heavy atom. The Balaban J connectivity index is 0.00000280. The molecule has 4 atom stereocenters. The van der Waals surface area contributed by atoms with Gasteiger partial charge < -0.3 is 31.3 Å². The van der Waals surface area contributed by atoms with Crippen molar-refractivity contribution in [3.05, 3.63) is 48.0 Å². The second-order valence-corrected chi connectivity index (χ2v) is 8.68. The van der Waals surface area contributed by atoms with Gasteiger partial charge in [-0.15, -0.1) is 0 Å². The predicted octanol–water partition coefficient (Wildman–Crippen LogP) is 0.260. The zero-order valence-electron chi connectivity index (χ0n) is 16.4. The van der Waals surface area contributed by atoms with Crippen molar-refractivity contribution in [2.24, 2.45) is 5.92 Å². The van der Waals surface area contributed by atoms with Crippen LogP contribution in [0.3, 0.4) is 0 Å². The first-order valence-electron chi connectivity index (χ1n) is 9.38. The number of esters is 1. The molecule has 0 amide bonds. The van der Waals surface area contributed by atoms with Crippen LogP contribution in [0.4, 0.5) is 8.78 Å². The third kappa shape index (κ3) is 4.63. The largest absolute Gasteiger partial charge is 1.00 e. The first-order chi connectivity index (χ1) is 12.5. The van der Waals surface area contributed by atoms with Crippen LogP contribution in [-0.4, -0.2) is 54.8 Å². The SMILES string of the molecule is C[N+](C)(C)C1C=C[C@@H](OC(=O)[C@](O)(c2ccccc2)[C@@H]2CCC(F)(F)C2)C1.[Br-]. The van der Waals surface area contributed by atoms with E-state index in [-0.39, 0.29) is 35.9 Å². The number of alkyl halides is 2. The van der Waals surface area contributed by atoms with Gasteiger partial charge in [-0.1, -0.05) is 30.3 Å². The molecule has 28 heavy (non-hydrogen) atoms. The lowest BCUT2D eigenvalue weighted by atomic mass is 9.80. The average Bonchev–Trinajstić information content (AvgIpc) is 3.21. The zero-order valence-corrected chi connectivity index (χ0v) is 18.0. The number of rotatable bonds is 5. The topological polar surface area (TPSA) is 46.5 Å². The van der Waals surface area contributed by atoms with Crippen LogP contribution in [0.25, 0.3) is 0 Å². The van der Waals surface area contributed by atoms with Gasteiger partial charge >= 0.3 is 5.97 Å². The summed E-state index contributed by atoms with van der Waals surface area (Å²) < 4.78 is 33.9. The van der Waals surface area contributed by atoms with Crippen LogP contribution >= 0.6 is 0 Å². The summed E-state index contributed by atoms with van der Waals surface area (Å²) in [6.07, 6.45) is 3.21. The first-order valence-corrected chi connectivity index (χ1v) is 9.38. The second-order valence-electron chi connectivity index (χ2n) is 8.68. The minimum atomic E-state index is -2.87. The van der Waals surface area contributed by atoms with Crippen LogP contribution < -0.4 is 17.0 Å². The lowest BCUT2D eigenvalue weighted by Gasteiger charge is -2.34. The molecule has 1 saturated carbocycles. The van der Waals surface area contributed by atoms with E-state index in [4.69, 9.17) is 4.74 Å². The number of hydrogen-bond donors (Lipinski definition) is 1. The van der Waals surface area contributed by atoms with Crippen molar-refractivity contribution in [2.45, 2.75) is 49.4 Å². The van der Waals surface area contributed by atoms with Crippen LogP contribution in [0.1, 0.15) is 31.2 Å².